The second kappa shape index (κ2) is 8.48. The number of nitrogens with one attached hydrogen (secondary N) is 2. The summed E-state index contributed by atoms with van der Waals surface area (Å²) in [6.45, 7) is 6.74. The number of aromatic nitrogens is 3. The largest absolute Gasteiger partial charge is 0.381 e. The molecule has 1 atom stereocenters. The highest BCUT2D eigenvalue weighted by Crippen LogP contribution is 2.16. The molecule has 0 bridgehead atoms. The third kappa shape index (κ3) is 4.80. The fraction of sp³-hybridized carbons (Fsp3) is 0.562. The summed E-state index contributed by atoms with van der Waals surface area (Å²) in [6.07, 6.45) is 4.77. The highest BCUT2D eigenvalue weighted by atomic mass is 16.5. The predicted molar refractivity (Wildman–Crippen MR) is 88.2 cm³/mol. The molecule has 22 heavy (non-hydrogen) atoms. The molecule has 0 aliphatic heterocycles. The van der Waals surface area contributed by atoms with Gasteiger partial charge in [0, 0.05) is 26.0 Å². The van der Waals surface area contributed by atoms with E-state index in [1.54, 1.807) is 6.20 Å². The first-order valence-electron chi connectivity index (χ1n) is 7.87. The third-order valence-corrected chi connectivity index (χ3v) is 3.53. The van der Waals surface area contributed by atoms with Crippen molar-refractivity contribution >= 4 is 16.9 Å². The van der Waals surface area contributed by atoms with Gasteiger partial charge in [0.2, 0.25) is 0 Å². The average molecular weight is 304 g/mol. The van der Waals surface area contributed by atoms with E-state index in [0.717, 1.165) is 44.4 Å². The number of ether oxygens (including phenoxy) is 1. The lowest BCUT2D eigenvalue weighted by Gasteiger charge is -2.13. The van der Waals surface area contributed by atoms with E-state index in [9.17, 15) is 4.79 Å². The van der Waals surface area contributed by atoms with Crippen LogP contribution >= 0.6 is 0 Å². The van der Waals surface area contributed by atoms with Gasteiger partial charge in [-0.15, -0.1) is 0 Å². The number of hydrogen-bond acceptors (Lipinski definition) is 5. The van der Waals surface area contributed by atoms with Crippen LogP contribution in [0.3, 0.4) is 0 Å². The van der Waals surface area contributed by atoms with Gasteiger partial charge in [-0.05, 0) is 37.3 Å². The van der Waals surface area contributed by atoms with Crippen molar-refractivity contribution in [2.75, 3.05) is 25.1 Å². The predicted octanol–water partition coefficient (Wildman–Crippen LogP) is 2.57. The first kappa shape index (κ1) is 16.4. The summed E-state index contributed by atoms with van der Waals surface area (Å²) in [5.41, 5.74) is 0.181. The van der Waals surface area contributed by atoms with Crippen molar-refractivity contribution in [1.29, 1.82) is 0 Å². The van der Waals surface area contributed by atoms with Gasteiger partial charge in [-0.25, -0.2) is 9.78 Å². The number of H-pyrrole nitrogens is 1. The van der Waals surface area contributed by atoms with E-state index in [1.165, 1.54) is 0 Å². The van der Waals surface area contributed by atoms with E-state index >= 15 is 0 Å². The van der Waals surface area contributed by atoms with Gasteiger partial charge in [0.1, 0.15) is 11.5 Å². The Morgan fingerprint density at radius 2 is 2.23 bits per heavy atom. The fourth-order valence-electron chi connectivity index (χ4n) is 2.23. The lowest BCUT2D eigenvalue weighted by atomic mass is 10.0. The van der Waals surface area contributed by atoms with Crippen LogP contribution in [-0.2, 0) is 4.74 Å². The minimum absolute atomic E-state index is 0.380. The van der Waals surface area contributed by atoms with Gasteiger partial charge in [-0.2, -0.15) is 4.98 Å². The van der Waals surface area contributed by atoms with Gasteiger partial charge in [-0.3, -0.25) is 4.98 Å². The molecule has 2 aromatic heterocycles. The number of pyridine rings is 1. The van der Waals surface area contributed by atoms with Crippen molar-refractivity contribution in [2.24, 2.45) is 5.92 Å². The van der Waals surface area contributed by atoms with Crippen LogP contribution in [-0.4, -0.2) is 34.7 Å². The normalized spacial score (nSPS) is 12.5. The van der Waals surface area contributed by atoms with E-state index in [2.05, 4.69) is 34.1 Å². The second-order valence-electron chi connectivity index (χ2n) is 5.51. The van der Waals surface area contributed by atoms with Gasteiger partial charge in [0.25, 0.3) is 0 Å². The zero-order chi connectivity index (χ0) is 15.8. The van der Waals surface area contributed by atoms with E-state index in [4.69, 9.17) is 4.74 Å². The molecule has 0 saturated carbocycles. The maximum Gasteiger partial charge on any atom is 0.348 e. The second-order valence-corrected chi connectivity index (χ2v) is 5.51. The maximum atomic E-state index is 11.5. The Hall–Kier alpha value is -1.95. The summed E-state index contributed by atoms with van der Waals surface area (Å²) in [6, 6.07) is 3.73. The Morgan fingerprint density at radius 1 is 1.36 bits per heavy atom. The van der Waals surface area contributed by atoms with Crippen LogP contribution in [0, 0.1) is 5.92 Å². The van der Waals surface area contributed by atoms with E-state index in [0.29, 0.717) is 17.4 Å². The van der Waals surface area contributed by atoms with Crippen molar-refractivity contribution in [3.8, 4) is 0 Å². The summed E-state index contributed by atoms with van der Waals surface area (Å²) in [7, 11) is 0. The van der Waals surface area contributed by atoms with E-state index in [-0.39, 0.29) is 5.69 Å². The first-order chi connectivity index (χ1) is 10.7. The molecule has 0 aromatic carbocycles. The standard InChI is InChI=1S/C16H24N4O2/c1-3-10-22-11-7-12(2)6-9-18-15-13-5-4-8-17-14(13)19-16(21)20-15/h4-5,8,12H,3,6-7,9-11H2,1-2H3,(H2,17,18,19,20,21). The van der Waals surface area contributed by atoms with Crippen molar-refractivity contribution in [3.63, 3.8) is 0 Å². The summed E-state index contributed by atoms with van der Waals surface area (Å²) in [4.78, 5) is 22.3. The number of anilines is 1. The fourth-order valence-corrected chi connectivity index (χ4v) is 2.23. The van der Waals surface area contributed by atoms with Crippen LogP contribution in [0.4, 0.5) is 5.82 Å². The molecule has 0 aliphatic rings. The van der Waals surface area contributed by atoms with Gasteiger partial charge >= 0.3 is 5.69 Å². The molecule has 0 radical (unpaired) electrons. The molecular formula is C16H24N4O2. The zero-order valence-corrected chi connectivity index (χ0v) is 13.3. The van der Waals surface area contributed by atoms with Crippen LogP contribution < -0.4 is 11.0 Å². The molecule has 120 valence electrons. The summed E-state index contributed by atoms with van der Waals surface area (Å²) >= 11 is 0. The molecule has 2 heterocycles. The zero-order valence-electron chi connectivity index (χ0n) is 13.3. The molecule has 0 amide bonds. The molecule has 6 heteroatoms. The van der Waals surface area contributed by atoms with Crippen LogP contribution in [0.5, 0.6) is 0 Å². The van der Waals surface area contributed by atoms with Crippen LogP contribution in [0.15, 0.2) is 23.1 Å². The molecular weight excluding hydrogens is 280 g/mol. The van der Waals surface area contributed by atoms with Gasteiger partial charge in [-0.1, -0.05) is 13.8 Å². The van der Waals surface area contributed by atoms with Gasteiger partial charge in [0.05, 0.1) is 5.39 Å². The summed E-state index contributed by atoms with van der Waals surface area (Å²) in [5, 5.41) is 4.08. The molecule has 1 unspecified atom stereocenters. The highest BCUT2D eigenvalue weighted by molar-refractivity contribution is 5.85. The Balaban J connectivity index is 1.85. The van der Waals surface area contributed by atoms with Crippen molar-refractivity contribution < 1.29 is 4.74 Å². The van der Waals surface area contributed by atoms with Crippen LogP contribution in [0.2, 0.25) is 0 Å². The van der Waals surface area contributed by atoms with Crippen molar-refractivity contribution in [2.45, 2.75) is 33.1 Å². The Morgan fingerprint density at radius 3 is 3.05 bits per heavy atom. The molecule has 0 spiro atoms. The number of hydrogen-bond donors (Lipinski definition) is 2. The molecule has 6 nitrogen and oxygen atoms in total. The number of nitrogens with zero attached hydrogens (tertiary/aromatic N) is 2. The Bertz CT molecular complexity index is 641. The van der Waals surface area contributed by atoms with E-state index in [1.807, 2.05) is 12.1 Å². The Kier molecular flexibility index (Phi) is 6.33. The molecule has 2 rings (SSSR count). The summed E-state index contributed by atoms with van der Waals surface area (Å²) < 4.78 is 5.50. The van der Waals surface area contributed by atoms with Crippen LogP contribution in [0.25, 0.3) is 11.0 Å². The highest BCUT2D eigenvalue weighted by Gasteiger charge is 2.06. The van der Waals surface area contributed by atoms with Crippen molar-refractivity contribution in [1.82, 2.24) is 15.0 Å². The Labute approximate surface area is 130 Å². The molecule has 2 N–H and O–H groups in total. The topological polar surface area (TPSA) is 79.9 Å². The monoisotopic (exact) mass is 304 g/mol. The quantitative estimate of drug-likeness (QED) is 0.696. The smallest absolute Gasteiger partial charge is 0.348 e. The minimum atomic E-state index is -0.380. The molecule has 0 aliphatic carbocycles. The number of aromatic amines is 1. The first-order valence-corrected chi connectivity index (χ1v) is 7.87. The minimum Gasteiger partial charge on any atom is -0.381 e. The van der Waals surface area contributed by atoms with Crippen molar-refractivity contribution in [3.05, 3.63) is 28.8 Å². The molecule has 0 fully saturated rings. The van der Waals surface area contributed by atoms with Gasteiger partial charge < -0.3 is 10.1 Å². The van der Waals surface area contributed by atoms with Crippen LogP contribution in [0.1, 0.15) is 33.1 Å². The molecule has 2 aromatic rings. The summed E-state index contributed by atoms with van der Waals surface area (Å²) in [5.74, 6) is 1.16. The maximum absolute atomic E-state index is 11.5. The van der Waals surface area contributed by atoms with E-state index < -0.39 is 0 Å². The number of rotatable bonds is 9. The number of fused-ring (bicyclic) bond motifs is 1. The van der Waals surface area contributed by atoms with Gasteiger partial charge in [0.15, 0.2) is 0 Å². The average Bonchev–Trinajstić information content (AvgIpc) is 2.51. The third-order valence-electron chi connectivity index (χ3n) is 3.53. The SMILES string of the molecule is CCCOCCC(C)CCNc1nc(=O)[nH]c2ncccc12. The lowest BCUT2D eigenvalue weighted by Crippen LogP contribution is -2.16. The lowest BCUT2D eigenvalue weighted by molar-refractivity contribution is 0.122. The molecule has 0 saturated heterocycles.